The van der Waals surface area contributed by atoms with E-state index in [0.717, 1.165) is 148 Å². The quantitative estimate of drug-likeness (QED) is 0.0261. The molecule has 6 nitrogen and oxygen atoms in total. The number of esters is 3. The molecule has 0 aliphatic carbocycles. The van der Waals surface area contributed by atoms with Gasteiger partial charge in [0.05, 0.1) is 0 Å². The average Bonchev–Trinajstić information content (AvgIpc) is 3.45. The Hall–Kier alpha value is -4.97. The first-order chi connectivity index (χ1) is 39.0. The molecular weight excluding hydrogens is 973 g/mol. The first kappa shape index (κ1) is 74.0. The average molecular weight is 1090 g/mol. The van der Waals surface area contributed by atoms with Crippen molar-refractivity contribution < 1.29 is 28.6 Å². The van der Waals surface area contributed by atoms with Crippen molar-refractivity contribution in [2.24, 2.45) is 0 Å². The third kappa shape index (κ3) is 63.7. The second-order valence-corrected chi connectivity index (χ2v) is 20.5. The van der Waals surface area contributed by atoms with Crippen LogP contribution in [0.4, 0.5) is 0 Å². The third-order valence-corrected chi connectivity index (χ3v) is 13.0. The zero-order valence-corrected chi connectivity index (χ0v) is 50.8. The van der Waals surface area contributed by atoms with Crippen LogP contribution in [0, 0.1) is 0 Å². The van der Waals surface area contributed by atoms with Gasteiger partial charge in [-0.1, -0.05) is 262 Å². The van der Waals surface area contributed by atoms with Crippen molar-refractivity contribution in [3.8, 4) is 0 Å². The molecule has 0 rings (SSSR count). The summed E-state index contributed by atoms with van der Waals surface area (Å²) < 4.78 is 16.9. The van der Waals surface area contributed by atoms with Crippen LogP contribution in [0.1, 0.15) is 265 Å². The van der Waals surface area contributed by atoms with Crippen molar-refractivity contribution in [2.75, 3.05) is 13.2 Å². The number of rotatable bonds is 56. The van der Waals surface area contributed by atoms with Crippen LogP contribution in [-0.2, 0) is 28.6 Å². The Morgan fingerprint density at radius 1 is 0.266 bits per heavy atom. The molecule has 0 N–H and O–H groups in total. The second kappa shape index (κ2) is 65.5. The molecule has 0 amide bonds. The van der Waals surface area contributed by atoms with Gasteiger partial charge in [-0.2, -0.15) is 0 Å². The monoisotopic (exact) mass is 1090 g/mol. The Morgan fingerprint density at radius 2 is 0.506 bits per heavy atom. The van der Waals surface area contributed by atoms with Crippen LogP contribution in [-0.4, -0.2) is 37.2 Å². The molecule has 79 heavy (non-hydrogen) atoms. The van der Waals surface area contributed by atoms with E-state index in [1.807, 2.05) is 0 Å². The van der Waals surface area contributed by atoms with Crippen molar-refractivity contribution in [2.45, 2.75) is 271 Å². The molecule has 0 heterocycles. The van der Waals surface area contributed by atoms with E-state index < -0.39 is 6.10 Å². The van der Waals surface area contributed by atoms with Crippen molar-refractivity contribution in [3.05, 3.63) is 158 Å². The van der Waals surface area contributed by atoms with E-state index in [1.54, 1.807) is 0 Å². The van der Waals surface area contributed by atoms with E-state index in [4.69, 9.17) is 14.2 Å². The molecule has 0 aromatic carbocycles. The van der Waals surface area contributed by atoms with Crippen LogP contribution in [0.3, 0.4) is 0 Å². The lowest BCUT2D eigenvalue weighted by Crippen LogP contribution is -2.30. The van der Waals surface area contributed by atoms with Crippen LogP contribution in [0.2, 0.25) is 0 Å². The Bertz CT molecular complexity index is 1780. The molecular formula is C73H116O6. The standard InChI is InChI=1S/C73H116O6/c1-4-7-10-13-16-19-22-25-28-30-32-34-36-38-40-42-45-48-51-54-57-60-63-66-72(75)78-69-70(68-77-71(74)65-62-59-56-53-50-47-44-27-24-21-18-15-12-9-6-3)79-73(76)67-64-61-58-55-52-49-46-43-41-39-37-35-33-31-29-26-23-20-17-14-11-8-5-2/h7-8,10-11,16-17,19-20,25-29,32-35,38-41,44-45,48,54,57,70H,4-6,9,12-15,18,21-24,30-31,36-37,42-43,46-47,49-53,55-56,58-69H2,1-3H3/b10-7-,11-8-,19-16-,20-17-,28-25-,29-26-,34-32-,35-33-,40-38-,41-39-,44-27-,48-45-,57-54-. The highest BCUT2D eigenvalue weighted by atomic mass is 16.6. The number of unbranched alkanes of at least 4 members (excludes halogenated alkanes) is 19. The summed E-state index contributed by atoms with van der Waals surface area (Å²) in [4.78, 5) is 38.3. The van der Waals surface area contributed by atoms with Crippen LogP contribution in [0.5, 0.6) is 0 Å². The molecule has 0 radical (unpaired) electrons. The molecule has 1 unspecified atom stereocenters. The molecule has 0 saturated carbocycles. The van der Waals surface area contributed by atoms with Gasteiger partial charge < -0.3 is 14.2 Å². The van der Waals surface area contributed by atoms with Gasteiger partial charge in [-0.15, -0.1) is 0 Å². The van der Waals surface area contributed by atoms with Gasteiger partial charge in [0.25, 0.3) is 0 Å². The lowest BCUT2D eigenvalue weighted by Gasteiger charge is -2.18. The van der Waals surface area contributed by atoms with Gasteiger partial charge in [0.1, 0.15) is 13.2 Å². The maximum Gasteiger partial charge on any atom is 0.306 e. The van der Waals surface area contributed by atoms with Crippen molar-refractivity contribution in [1.82, 2.24) is 0 Å². The van der Waals surface area contributed by atoms with Crippen molar-refractivity contribution >= 4 is 17.9 Å². The summed E-state index contributed by atoms with van der Waals surface area (Å²) in [6.45, 7) is 6.34. The minimum absolute atomic E-state index is 0.111. The normalized spacial score (nSPS) is 13.2. The van der Waals surface area contributed by atoms with Gasteiger partial charge in [0.2, 0.25) is 0 Å². The molecule has 0 saturated heterocycles. The molecule has 0 aliphatic rings. The molecule has 6 heteroatoms. The predicted octanol–water partition coefficient (Wildman–Crippen LogP) is 22.1. The summed E-state index contributed by atoms with van der Waals surface area (Å²) in [6.07, 6.45) is 95.3. The van der Waals surface area contributed by atoms with Crippen LogP contribution >= 0.6 is 0 Å². The SMILES string of the molecule is CC/C=C\C/C=C\C/C=C\C/C=C\C/C=C\C/C=C\C/C=C\CCCC(=O)OCC(COC(=O)CCCCCCC/C=C\CCCCCCCC)OC(=O)CCCCCCCCC/C=C\C/C=C\C/C=C\C/C=C\C/C=C\CC. The molecule has 0 aliphatic heterocycles. The third-order valence-electron chi connectivity index (χ3n) is 13.0. The van der Waals surface area contributed by atoms with E-state index >= 15 is 0 Å². The van der Waals surface area contributed by atoms with E-state index in [9.17, 15) is 14.4 Å². The predicted molar refractivity (Wildman–Crippen MR) is 343 cm³/mol. The highest BCUT2D eigenvalue weighted by Crippen LogP contribution is 2.14. The number of ether oxygens (including phenoxy) is 3. The largest absolute Gasteiger partial charge is 0.462 e. The second-order valence-electron chi connectivity index (χ2n) is 20.5. The van der Waals surface area contributed by atoms with E-state index in [-0.39, 0.29) is 37.5 Å². The number of carbonyl (C=O) groups is 3. The van der Waals surface area contributed by atoms with Crippen LogP contribution < -0.4 is 0 Å². The van der Waals surface area contributed by atoms with Gasteiger partial charge in [-0.3, -0.25) is 14.4 Å². The molecule has 0 bridgehead atoms. The van der Waals surface area contributed by atoms with Gasteiger partial charge in [0.15, 0.2) is 6.10 Å². The fourth-order valence-electron chi connectivity index (χ4n) is 8.28. The maximum atomic E-state index is 12.9. The van der Waals surface area contributed by atoms with Crippen molar-refractivity contribution in [1.29, 1.82) is 0 Å². The Balaban J connectivity index is 4.53. The lowest BCUT2D eigenvalue weighted by atomic mass is 10.1. The topological polar surface area (TPSA) is 78.9 Å². The van der Waals surface area contributed by atoms with Gasteiger partial charge in [-0.05, 0) is 141 Å². The molecule has 1 atom stereocenters. The zero-order chi connectivity index (χ0) is 57.1. The number of hydrogen-bond donors (Lipinski definition) is 0. The fourth-order valence-corrected chi connectivity index (χ4v) is 8.28. The zero-order valence-electron chi connectivity index (χ0n) is 50.8. The Kier molecular flexibility index (Phi) is 61.4. The van der Waals surface area contributed by atoms with Gasteiger partial charge >= 0.3 is 17.9 Å². The summed E-state index contributed by atoms with van der Waals surface area (Å²) in [5, 5.41) is 0. The minimum Gasteiger partial charge on any atom is -0.462 e. The summed E-state index contributed by atoms with van der Waals surface area (Å²) in [6, 6.07) is 0. The van der Waals surface area contributed by atoms with Crippen molar-refractivity contribution in [3.63, 3.8) is 0 Å². The maximum absolute atomic E-state index is 12.9. The minimum atomic E-state index is -0.821. The highest BCUT2D eigenvalue weighted by Gasteiger charge is 2.19. The molecule has 0 aromatic heterocycles. The van der Waals surface area contributed by atoms with Crippen LogP contribution in [0.15, 0.2) is 158 Å². The molecule has 0 aromatic rings. The first-order valence-electron chi connectivity index (χ1n) is 32.0. The lowest BCUT2D eigenvalue weighted by molar-refractivity contribution is -0.167. The summed E-state index contributed by atoms with van der Waals surface area (Å²) in [5.41, 5.74) is 0. The number of allylic oxidation sites excluding steroid dienone is 26. The summed E-state index contributed by atoms with van der Waals surface area (Å²) >= 11 is 0. The van der Waals surface area contributed by atoms with Gasteiger partial charge in [-0.25, -0.2) is 0 Å². The molecule has 444 valence electrons. The highest BCUT2D eigenvalue weighted by molar-refractivity contribution is 5.71. The molecule has 0 spiro atoms. The first-order valence-corrected chi connectivity index (χ1v) is 32.0. The Labute approximate surface area is 486 Å². The van der Waals surface area contributed by atoms with Crippen LogP contribution in [0.25, 0.3) is 0 Å². The fraction of sp³-hybridized carbons (Fsp3) is 0.603. The smallest absolute Gasteiger partial charge is 0.306 e. The van der Waals surface area contributed by atoms with E-state index in [2.05, 4.69) is 179 Å². The summed E-state index contributed by atoms with van der Waals surface area (Å²) in [5.74, 6) is -0.994. The van der Waals surface area contributed by atoms with Gasteiger partial charge in [0, 0.05) is 19.3 Å². The summed E-state index contributed by atoms with van der Waals surface area (Å²) in [7, 11) is 0. The van der Waals surface area contributed by atoms with E-state index in [0.29, 0.717) is 19.3 Å². The Morgan fingerprint density at radius 3 is 0.835 bits per heavy atom. The number of carbonyl (C=O) groups excluding carboxylic acids is 3. The molecule has 0 fully saturated rings. The van der Waals surface area contributed by atoms with E-state index in [1.165, 1.54) is 70.6 Å². The number of hydrogen-bond acceptors (Lipinski definition) is 6.